The van der Waals surface area contributed by atoms with Crippen LogP contribution in [0.15, 0.2) is 54.6 Å². The summed E-state index contributed by atoms with van der Waals surface area (Å²) in [4.78, 5) is 0. The summed E-state index contributed by atoms with van der Waals surface area (Å²) in [5.74, 6) is 0. The molecule has 0 amide bonds. The van der Waals surface area contributed by atoms with Crippen molar-refractivity contribution in [3.8, 4) is 0 Å². The zero-order valence-corrected chi connectivity index (χ0v) is 11.4. The van der Waals surface area contributed by atoms with Gasteiger partial charge in [0, 0.05) is 6.61 Å². The number of rotatable bonds is 3. The highest BCUT2D eigenvalue weighted by Crippen LogP contribution is 2.43. The average molecular weight is 252 g/mol. The fourth-order valence-electron chi connectivity index (χ4n) is 3.17. The van der Waals surface area contributed by atoms with Gasteiger partial charge in [0.05, 0.1) is 0 Å². The number of hydrogen-bond acceptors (Lipinski definition) is 1. The summed E-state index contributed by atoms with van der Waals surface area (Å²) in [5.41, 5.74) is 3.80. The van der Waals surface area contributed by atoms with Crippen molar-refractivity contribution >= 4 is 0 Å². The third-order valence-electron chi connectivity index (χ3n) is 4.10. The van der Waals surface area contributed by atoms with Crippen molar-refractivity contribution in [3.63, 3.8) is 0 Å². The monoisotopic (exact) mass is 252 g/mol. The normalized spacial score (nSPS) is 22.6. The third-order valence-corrected chi connectivity index (χ3v) is 4.10. The molecule has 1 atom stereocenters. The minimum absolute atomic E-state index is 0.228. The van der Waals surface area contributed by atoms with E-state index in [2.05, 4.69) is 61.5 Å². The number of benzene rings is 2. The lowest BCUT2D eigenvalue weighted by molar-refractivity contribution is 0.0353. The molecule has 1 fully saturated rings. The molecule has 98 valence electrons. The first-order valence-corrected chi connectivity index (χ1v) is 7.15. The van der Waals surface area contributed by atoms with Crippen LogP contribution in [0.5, 0.6) is 0 Å². The summed E-state index contributed by atoms with van der Waals surface area (Å²) in [6.45, 7) is 3.07. The molecule has 0 radical (unpaired) electrons. The lowest BCUT2D eigenvalue weighted by Crippen LogP contribution is -2.27. The average Bonchev–Trinajstić information content (AvgIpc) is 2.99. The van der Waals surface area contributed by atoms with E-state index in [9.17, 15) is 0 Å². The van der Waals surface area contributed by atoms with E-state index in [1.807, 2.05) is 0 Å². The van der Waals surface area contributed by atoms with Gasteiger partial charge in [-0.2, -0.15) is 0 Å². The Kier molecular flexibility index (Phi) is 3.39. The van der Waals surface area contributed by atoms with E-state index >= 15 is 0 Å². The SMILES string of the molecule is CCc1ccccc1C1(c2ccccc2)CCCO1. The van der Waals surface area contributed by atoms with E-state index in [0.29, 0.717) is 0 Å². The summed E-state index contributed by atoms with van der Waals surface area (Å²) in [7, 11) is 0. The Balaban J connectivity index is 2.16. The highest BCUT2D eigenvalue weighted by molar-refractivity contribution is 5.42. The molecule has 1 nitrogen and oxygen atoms in total. The molecule has 2 aromatic carbocycles. The highest BCUT2D eigenvalue weighted by Gasteiger charge is 2.39. The largest absolute Gasteiger partial charge is 0.366 e. The lowest BCUT2D eigenvalue weighted by atomic mass is 9.81. The van der Waals surface area contributed by atoms with Gasteiger partial charge >= 0.3 is 0 Å². The summed E-state index contributed by atoms with van der Waals surface area (Å²) < 4.78 is 6.26. The second kappa shape index (κ2) is 5.18. The van der Waals surface area contributed by atoms with Crippen molar-refractivity contribution in [2.45, 2.75) is 31.8 Å². The molecule has 1 heteroatoms. The van der Waals surface area contributed by atoms with Gasteiger partial charge in [0.1, 0.15) is 5.60 Å². The maximum atomic E-state index is 6.26. The van der Waals surface area contributed by atoms with Gasteiger partial charge in [-0.15, -0.1) is 0 Å². The topological polar surface area (TPSA) is 9.23 Å². The van der Waals surface area contributed by atoms with Gasteiger partial charge in [0.15, 0.2) is 0 Å². The molecule has 19 heavy (non-hydrogen) atoms. The van der Waals surface area contributed by atoms with Gasteiger partial charge in [0.25, 0.3) is 0 Å². The standard InChI is InChI=1S/C18H20O/c1-2-15-9-6-7-12-17(15)18(13-8-14-19-18)16-10-4-3-5-11-16/h3-7,9-12H,2,8,13-14H2,1H3. The minimum atomic E-state index is -0.228. The van der Waals surface area contributed by atoms with Crippen LogP contribution in [0, 0.1) is 0 Å². The second-order valence-electron chi connectivity index (χ2n) is 5.16. The van der Waals surface area contributed by atoms with Gasteiger partial charge in [-0.05, 0) is 36.0 Å². The van der Waals surface area contributed by atoms with Crippen LogP contribution in [0.1, 0.15) is 36.5 Å². The van der Waals surface area contributed by atoms with Crippen LogP contribution in [0.3, 0.4) is 0 Å². The molecule has 2 aromatic rings. The number of ether oxygens (including phenoxy) is 1. The van der Waals surface area contributed by atoms with Crippen LogP contribution in [0.25, 0.3) is 0 Å². The van der Waals surface area contributed by atoms with Crippen LogP contribution >= 0.6 is 0 Å². The molecule has 1 saturated heterocycles. The molecule has 1 heterocycles. The van der Waals surface area contributed by atoms with Crippen molar-refractivity contribution < 1.29 is 4.74 Å². The summed E-state index contributed by atoms with van der Waals surface area (Å²) in [6.07, 6.45) is 3.26. The van der Waals surface area contributed by atoms with Crippen LogP contribution in [-0.4, -0.2) is 6.61 Å². The Morgan fingerprint density at radius 3 is 2.42 bits per heavy atom. The maximum absolute atomic E-state index is 6.26. The molecule has 0 aromatic heterocycles. The van der Waals surface area contributed by atoms with E-state index in [1.54, 1.807) is 0 Å². The zero-order chi connectivity index (χ0) is 13.1. The molecule has 1 aliphatic heterocycles. The Hall–Kier alpha value is -1.60. The van der Waals surface area contributed by atoms with Gasteiger partial charge in [-0.25, -0.2) is 0 Å². The van der Waals surface area contributed by atoms with E-state index in [4.69, 9.17) is 4.74 Å². The summed E-state index contributed by atoms with van der Waals surface area (Å²) in [5, 5.41) is 0. The molecule has 0 spiro atoms. The fourth-order valence-corrected chi connectivity index (χ4v) is 3.17. The first kappa shape index (κ1) is 12.4. The molecule has 0 saturated carbocycles. The molecule has 1 aliphatic rings. The van der Waals surface area contributed by atoms with Gasteiger partial charge < -0.3 is 4.74 Å². The first-order chi connectivity index (χ1) is 9.37. The predicted octanol–water partition coefficient (Wildman–Crippen LogP) is 4.30. The zero-order valence-electron chi connectivity index (χ0n) is 11.4. The molecule has 1 unspecified atom stereocenters. The Labute approximate surface area is 115 Å². The molecule has 0 bridgehead atoms. The Morgan fingerprint density at radius 1 is 1.00 bits per heavy atom. The Morgan fingerprint density at radius 2 is 1.74 bits per heavy atom. The molecule has 0 N–H and O–H groups in total. The van der Waals surface area contributed by atoms with Gasteiger partial charge in [-0.1, -0.05) is 61.5 Å². The molecule has 0 aliphatic carbocycles. The van der Waals surface area contributed by atoms with Crippen molar-refractivity contribution in [3.05, 3.63) is 71.3 Å². The smallest absolute Gasteiger partial charge is 0.118 e. The molecular formula is C18H20O. The molecule has 3 rings (SSSR count). The summed E-state index contributed by atoms with van der Waals surface area (Å²) >= 11 is 0. The molecular weight excluding hydrogens is 232 g/mol. The third kappa shape index (κ3) is 2.08. The predicted molar refractivity (Wildman–Crippen MR) is 78.2 cm³/mol. The Bertz CT molecular complexity index is 539. The van der Waals surface area contributed by atoms with Crippen molar-refractivity contribution in [1.29, 1.82) is 0 Å². The van der Waals surface area contributed by atoms with E-state index in [1.165, 1.54) is 16.7 Å². The van der Waals surface area contributed by atoms with Crippen molar-refractivity contribution in [1.82, 2.24) is 0 Å². The van der Waals surface area contributed by atoms with Crippen LogP contribution in [-0.2, 0) is 16.8 Å². The van der Waals surface area contributed by atoms with Crippen LogP contribution < -0.4 is 0 Å². The highest BCUT2D eigenvalue weighted by atomic mass is 16.5. The van der Waals surface area contributed by atoms with Crippen LogP contribution in [0.4, 0.5) is 0 Å². The van der Waals surface area contributed by atoms with Crippen molar-refractivity contribution in [2.24, 2.45) is 0 Å². The maximum Gasteiger partial charge on any atom is 0.118 e. The van der Waals surface area contributed by atoms with Crippen molar-refractivity contribution in [2.75, 3.05) is 6.61 Å². The second-order valence-corrected chi connectivity index (χ2v) is 5.16. The quantitative estimate of drug-likeness (QED) is 0.791. The van der Waals surface area contributed by atoms with Gasteiger partial charge in [-0.3, -0.25) is 0 Å². The number of hydrogen-bond donors (Lipinski definition) is 0. The summed E-state index contributed by atoms with van der Waals surface area (Å²) in [6, 6.07) is 19.4. The number of aryl methyl sites for hydroxylation is 1. The van der Waals surface area contributed by atoms with Crippen LogP contribution in [0.2, 0.25) is 0 Å². The minimum Gasteiger partial charge on any atom is -0.366 e. The van der Waals surface area contributed by atoms with E-state index in [0.717, 1.165) is 25.9 Å². The first-order valence-electron chi connectivity index (χ1n) is 7.15. The lowest BCUT2D eigenvalue weighted by Gasteiger charge is -2.31. The fraction of sp³-hybridized carbons (Fsp3) is 0.333. The van der Waals surface area contributed by atoms with Gasteiger partial charge in [0.2, 0.25) is 0 Å². The van der Waals surface area contributed by atoms with E-state index < -0.39 is 0 Å². The van der Waals surface area contributed by atoms with E-state index in [-0.39, 0.29) is 5.60 Å².